The summed E-state index contributed by atoms with van der Waals surface area (Å²) in [6.45, 7) is 2.05. The SMILES string of the molecule is Cc1cc2ccc1-c1c(C=O)c-2cc2cc(C(N)=O)ccc12. The van der Waals surface area contributed by atoms with Crippen LogP contribution in [0.1, 0.15) is 26.3 Å². The first kappa shape index (κ1) is 12.8. The maximum atomic E-state index is 11.7. The molecule has 0 unspecified atom stereocenters. The van der Waals surface area contributed by atoms with Gasteiger partial charge < -0.3 is 5.73 Å². The molecule has 0 fully saturated rings. The molecule has 0 radical (unpaired) electrons. The Morgan fingerprint density at radius 1 is 1.05 bits per heavy atom. The lowest BCUT2D eigenvalue weighted by Crippen LogP contribution is -2.10. The average molecular weight is 287 g/mol. The van der Waals surface area contributed by atoms with Crippen molar-refractivity contribution in [2.75, 3.05) is 0 Å². The largest absolute Gasteiger partial charge is 0.366 e. The van der Waals surface area contributed by atoms with Crippen molar-refractivity contribution in [3.05, 3.63) is 59.2 Å². The minimum atomic E-state index is -0.449. The van der Waals surface area contributed by atoms with Crippen LogP contribution in [-0.2, 0) is 0 Å². The van der Waals surface area contributed by atoms with Gasteiger partial charge in [0.05, 0.1) is 0 Å². The number of hydrogen-bond donors (Lipinski definition) is 1. The van der Waals surface area contributed by atoms with E-state index in [4.69, 9.17) is 5.73 Å². The number of rotatable bonds is 2. The minimum Gasteiger partial charge on any atom is -0.366 e. The van der Waals surface area contributed by atoms with Crippen LogP contribution >= 0.6 is 0 Å². The summed E-state index contributed by atoms with van der Waals surface area (Å²) >= 11 is 0. The Morgan fingerprint density at radius 2 is 1.86 bits per heavy atom. The van der Waals surface area contributed by atoms with Gasteiger partial charge in [0.15, 0.2) is 6.29 Å². The van der Waals surface area contributed by atoms with Crippen molar-refractivity contribution in [3.8, 4) is 22.3 Å². The van der Waals surface area contributed by atoms with Crippen molar-refractivity contribution in [2.45, 2.75) is 6.92 Å². The first-order chi connectivity index (χ1) is 10.6. The minimum absolute atomic E-state index is 0.449. The average Bonchev–Trinajstić information content (AvgIpc) is 2.66. The maximum absolute atomic E-state index is 11.7. The fraction of sp³-hybridized carbons (Fsp3) is 0.0526. The van der Waals surface area contributed by atoms with Crippen LogP contribution in [0.15, 0.2) is 42.5 Å². The Morgan fingerprint density at radius 3 is 2.55 bits per heavy atom. The Hall–Kier alpha value is -2.94. The molecule has 0 spiro atoms. The Labute approximate surface area is 127 Å². The van der Waals surface area contributed by atoms with Gasteiger partial charge in [-0.25, -0.2) is 0 Å². The van der Waals surface area contributed by atoms with E-state index in [2.05, 4.69) is 12.1 Å². The molecule has 3 aromatic rings. The van der Waals surface area contributed by atoms with Crippen molar-refractivity contribution < 1.29 is 9.59 Å². The molecule has 0 saturated carbocycles. The molecule has 0 heterocycles. The van der Waals surface area contributed by atoms with Crippen molar-refractivity contribution >= 4 is 23.0 Å². The highest BCUT2D eigenvalue weighted by atomic mass is 16.1. The van der Waals surface area contributed by atoms with Gasteiger partial charge in [0.25, 0.3) is 0 Å². The molecule has 3 nitrogen and oxygen atoms in total. The van der Waals surface area contributed by atoms with E-state index in [0.29, 0.717) is 11.1 Å². The number of benzene rings is 3. The molecule has 0 aliphatic heterocycles. The number of carbonyl (C=O) groups excluding carboxylic acids is 2. The molecule has 0 aromatic heterocycles. The maximum Gasteiger partial charge on any atom is 0.248 e. The van der Waals surface area contributed by atoms with Crippen LogP contribution in [0.4, 0.5) is 0 Å². The predicted octanol–water partition coefficient (Wildman–Crippen LogP) is 3.71. The van der Waals surface area contributed by atoms with Crippen LogP contribution in [0.3, 0.4) is 0 Å². The molecule has 2 N–H and O–H groups in total. The Bertz CT molecular complexity index is 986. The zero-order chi connectivity index (χ0) is 15.4. The first-order valence-corrected chi connectivity index (χ1v) is 7.07. The first-order valence-electron chi connectivity index (χ1n) is 7.07. The number of amides is 1. The van der Waals surface area contributed by atoms with Gasteiger partial charge in [-0.15, -0.1) is 0 Å². The van der Waals surface area contributed by atoms with E-state index >= 15 is 0 Å². The Balaban J connectivity index is 2.22. The summed E-state index contributed by atoms with van der Waals surface area (Å²) in [5.74, 6) is -0.449. The summed E-state index contributed by atoms with van der Waals surface area (Å²) in [4.78, 5) is 23.1. The number of fused-ring (bicyclic) bond motifs is 3. The highest BCUT2D eigenvalue weighted by Crippen LogP contribution is 2.43. The zero-order valence-corrected chi connectivity index (χ0v) is 12.0. The van der Waals surface area contributed by atoms with Crippen LogP contribution in [0.5, 0.6) is 0 Å². The number of nitrogens with two attached hydrogens (primary N) is 1. The zero-order valence-electron chi connectivity index (χ0n) is 12.0. The number of carbonyl (C=O) groups is 2. The molecule has 3 aromatic carbocycles. The summed E-state index contributed by atoms with van der Waals surface area (Å²) in [6, 6.07) is 13.5. The second-order valence-electron chi connectivity index (χ2n) is 5.66. The highest BCUT2D eigenvalue weighted by molar-refractivity contribution is 6.13. The van der Waals surface area contributed by atoms with Crippen LogP contribution in [-0.4, -0.2) is 12.2 Å². The van der Waals surface area contributed by atoms with Crippen molar-refractivity contribution in [2.24, 2.45) is 5.73 Å². The molecule has 2 aliphatic rings. The molecular formula is C19H13NO2. The Kier molecular flexibility index (Phi) is 2.48. The summed E-state index contributed by atoms with van der Waals surface area (Å²) in [7, 11) is 0. The van der Waals surface area contributed by atoms with Crippen LogP contribution in [0.2, 0.25) is 0 Å². The smallest absolute Gasteiger partial charge is 0.248 e. The molecule has 106 valence electrons. The third-order valence-corrected chi connectivity index (χ3v) is 4.39. The third-order valence-electron chi connectivity index (χ3n) is 4.39. The van der Waals surface area contributed by atoms with E-state index < -0.39 is 5.91 Å². The number of primary amides is 1. The lowest BCUT2D eigenvalue weighted by molar-refractivity contribution is 0.1000. The highest BCUT2D eigenvalue weighted by Gasteiger charge is 2.21. The summed E-state index contributed by atoms with van der Waals surface area (Å²) < 4.78 is 0. The van der Waals surface area contributed by atoms with Gasteiger partial charge >= 0.3 is 0 Å². The van der Waals surface area contributed by atoms with Gasteiger partial charge in [-0.2, -0.15) is 0 Å². The molecule has 2 aliphatic carbocycles. The normalized spacial score (nSPS) is 11.5. The van der Waals surface area contributed by atoms with E-state index in [1.165, 1.54) is 0 Å². The molecular weight excluding hydrogens is 274 g/mol. The number of aryl methyl sites for hydroxylation is 1. The monoisotopic (exact) mass is 287 g/mol. The van der Waals surface area contributed by atoms with Crippen molar-refractivity contribution in [1.29, 1.82) is 0 Å². The lowest BCUT2D eigenvalue weighted by Gasteiger charge is -2.12. The van der Waals surface area contributed by atoms with Gasteiger partial charge in [0, 0.05) is 16.7 Å². The molecule has 5 rings (SSSR count). The fourth-order valence-electron chi connectivity index (χ4n) is 3.34. The van der Waals surface area contributed by atoms with E-state index in [0.717, 1.165) is 44.9 Å². The number of hydrogen-bond acceptors (Lipinski definition) is 2. The van der Waals surface area contributed by atoms with Crippen molar-refractivity contribution in [3.63, 3.8) is 0 Å². The lowest BCUT2D eigenvalue weighted by atomic mass is 9.91. The summed E-state index contributed by atoms with van der Waals surface area (Å²) in [5.41, 5.74) is 11.6. The molecule has 0 atom stereocenters. The predicted molar refractivity (Wildman–Crippen MR) is 87.0 cm³/mol. The van der Waals surface area contributed by atoms with E-state index in [9.17, 15) is 9.59 Å². The molecule has 22 heavy (non-hydrogen) atoms. The molecule has 4 bridgehead atoms. The molecule has 1 amide bonds. The second kappa shape index (κ2) is 4.28. The van der Waals surface area contributed by atoms with Crippen LogP contribution in [0, 0.1) is 6.92 Å². The van der Waals surface area contributed by atoms with Gasteiger partial charge in [0.2, 0.25) is 5.91 Å². The molecule has 3 heteroatoms. The van der Waals surface area contributed by atoms with Gasteiger partial charge in [-0.3, -0.25) is 9.59 Å². The van der Waals surface area contributed by atoms with Gasteiger partial charge in [-0.05, 0) is 58.1 Å². The standard InChI is InChI=1S/C19H13NO2/c1-10-6-11-2-4-14(10)18-15-5-3-12(19(20)22)7-13(15)8-16(11)17(18)9-21/h2-9H,1H3,(H2,20,22). The summed E-state index contributed by atoms with van der Waals surface area (Å²) in [5, 5.41) is 1.89. The summed E-state index contributed by atoms with van der Waals surface area (Å²) in [6.07, 6.45) is 0.922. The van der Waals surface area contributed by atoms with E-state index in [1.54, 1.807) is 12.1 Å². The quantitative estimate of drug-likeness (QED) is 0.571. The second-order valence-corrected chi connectivity index (χ2v) is 5.66. The van der Waals surface area contributed by atoms with Crippen LogP contribution in [0.25, 0.3) is 33.0 Å². The van der Waals surface area contributed by atoms with Crippen molar-refractivity contribution in [1.82, 2.24) is 0 Å². The van der Waals surface area contributed by atoms with E-state index in [1.807, 2.05) is 25.1 Å². The number of aldehydes is 1. The molecule has 0 saturated heterocycles. The fourth-order valence-corrected chi connectivity index (χ4v) is 3.34. The van der Waals surface area contributed by atoms with Crippen LogP contribution < -0.4 is 5.73 Å². The van der Waals surface area contributed by atoms with Gasteiger partial charge in [0.1, 0.15) is 0 Å². The topological polar surface area (TPSA) is 60.2 Å². The van der Waals surface area contributed by atoms with E-state index in [-0.39, 0.29) is 0 Å². The van der Waals surface area contributed by atoms with Gasteiger partial charge in [-0.1, -0.05) is 24.3 Å². The third kappa shape index (κ3) is 1.56.